The highest BCUT2D eigenvalue weighted by atomic mass is 19.4. The summed E-state index contributed by atoms with van der Waals surface area (Å²) >= 11 is 0. The van der Waals surface area contributed by atoms with Crippen molar-refractivity contribution in [3.8, 4) is 6.01 Å². The SMILES string of the molecule is O=C(NCCc1ccccc1)N1CCC(Oc2nccc(C(F)(F)F)n2)CC1. The lowest BCUT2D eigenvalue weighted by atomic mass is 10.1. The van der Waals surface area contributed by atoms with E-state index in [0.29, 0.717) is 32.5 Å². The maximum atomic E-state index is 12.7. The van der Waals surface area contributed by atoms with E-state index in [1.165, 1.54) is 0 Å². The molecule has 0 bridgehead atoms. The Morgan fingerprint density at radius 3 is 2.57 bits per heavy atom. The summed E-state index contributed by atoms with van der Waals surface area (Å²) in [4.78, 5) is 21.1. The number of ether oxygens (including phenoxy) is 1. The summed E-state index contributed by atoms with van der Waals surface area (Å²) in [6.45, 7) is 1.46. The number of amides is 2. The molecule has 6 nitrogen and oxygen atoms in total. The molecule has 9 heteroatoms. The van der Waals surface area contributed by atoms with Gasteiger partial charge in [0.1, 0.15) is 6.10 Å². The van der Waals surface area contributed by atoms with Crippen LogP contribution in [0.5, 0.6) is 6.01 Å². The molecular formula is C19H21F3N4O2. The standard InChI is InChI=1S/C19H21F3N4O2/c20-19(21,22)16-7-11-23-17(25-16)28-15-8-12-26(13-9-15)18(27)24-10-6-14-4-2-1-3-5-14/h1-5,7,11,15H,6,8-10,12-13H2,(H,24,27). The number of likely N-dealkylation sites (tertiary alicyclic amines) is 1. The smallest absolute Gasteiger partial charge is 0.433 e. The molecule has 1 aromatic carbocycles. The van der Waals surface area contributed by atoms with Crippen LogP contribution in [-0.2, 0) is 12.6 Å². The first kappa shape index (κ1) is 19.9. The maximum Gasteiger partial charge on any atom is 0.433 e. The lowest BCUT2D eigenvalue weighted by Gasteiger charge is -2.31. The highest BCUT2D eigenvalue weighted by Crippen LogP contribution is 2.28. The number of hydrogen-bond acceptors (Lipinski definition) is 4. The molecule has 3 rings (SSSR count). The number of hydrogen-bond donors (Lipinski definition) is 1. The molecule has 1 saturated heterocycles. The second kappa shape index (κ2) is 8.90. The van der Waals surface area contributed by atoms with Crippen molar-refractivity contribution in [3.05, 3.63) is 53.9 Å². The third-order valence-electron chi connectivity index (χ3n) is 4.46. The van der Waals surface area contributed by atoms with Gasteiger partial charge in [-0.3, -0.25) is 0 Å². The van der Waals surface area contributed by atoms with Crippen molar-refractivity contribution < 1.29 is 22.7 Å². The fraction of sp³-hybridized carbons (Fsp3) is 0.421. The third-order valence-corrected chi connectivity index (χ3v) is 4.46. The van der Waals surface area contributed by atoms with E-state index in [1.807, 2.05) is 30.3 Å². The summed E-state index contributed by atoms with van der Waals surface area (Å²) < 4.78 is 43.6. The Bertz CT molecular complexity index is 778. The Morgan fingerprint density at radius 2 is 1.89 bits per heavy atom. The first-order valence-corrected chi connectivity index (χ1v) is 9.05. The highest BCUT2D eigenvalue weighted by molar-refractivity contribution is 5.74. The van der Waals surface area contributed by atoms with Gasteiger partial charge >= 0.3 is 18.2 Å². The average Bonchev–Trinajstić information content (AvgIpc) is 2.69. The fourth-order valence-electron chi connectivity index (χ4n) is 2.95. The normalized spacial score (nSPS) is 15.3. The number of benzene rings is 1. The van der Waals surface area contributed by atoms with Gasteiger partial charge in [-0.2, -0.15) is 18.2 Å². The number of rotatable bonds is 5. The zero-order chi connectivity index (χ0) is 20.0. The predicted octanol–water partition coefficient (Wildman–Crippen LogP) is 3.29. The Balaban J connectivity index is 1.42. The molecule has 1 fully saturated rings. The van der Waals surface area contributed by atoms with Crippen LogP contribution in [0, 0.1) is 0 Å². The van der Waals surface area contributed by atoms with Crippen molar-refractivity contribution in [1.29, 1.82) is 0 Å². The van der Waals surface area contributed by atoms with Crippen molar-refractivity contribution in [2.24, 2.45) is 0 Å². The van der Waals surface area contributed by atoms with Gasteiger partial charge in [0.25, 0.3) is 0 Å². The molecule has 150 valence electrons. The molecule has 2 amide bonds. The van der Waals surface area contributed by atoms with Crippen molar-refractivity contribution in [2.75, 3.05) is 19.6 Å². The average molecular weight is 394 g/mol. The van der Waals surface area contributed by atoms with E-state index in [1.54, 1.807) is 4.90 Å². The fourth-order valence-corrected chi connectivity index (χ4v) is 2.95. The van der Waals surface area contributed by atoms with Gasteiger partial charge in [0.2, 0.25) is 0 Å². The molecule has 2 heterocycles. The predicted molar refractivity (Wildman–Crippen MR) is 95.8 cm³/mol. The van der Waals surface area contributed by atoms with Gasteiger partial charge < -0.3 is 15.0 Å². The Kier molecular flexibility index (Phi) is 6.33. The van der Waals surface area contributed by atoms with Gasteiger partial charge in [-0.05, 0) is 18.1 Å². The van der Waals surface area contributed by atoms with Crippen LogP contribution in [0.1, 0.15) is 24.1 Å². The van der Waals surface area contributed by atoms with E-state index >= 15 is 0 Å². The van der Waals surface area contributed by atoms with Crippen molar-refractivity contribution in [2.45, 2.75) is 31.5 Å². The van der Waals surface area contributed by atoms with Crippen LogP contribution in [-0.4, -0.2) is 46.6 Å². The molecule has 0 saturated carbocycles. The number of piperidine rings is 1. The van der Waals surface area contributed by atoms with Crippen LogP contribution in [0.3, 0.4) is 0 Å². The topological polar surface area (TPSA) is 67.4 Å². The number of aromatic nitrogens is 2. The van der Waals surface area contributed by atoms with Crippen LogP contribution in [0.4, 0.5) is 18.0 Å². The van der Waals surface area contributed by atoms with Crippen molar-refractivity contribution >= 4 is 6.03 Å². The minimum absolute atomic E-state index is 0.148. The lowest BCUT2D eigenvalue weighted by Crippen LogP contribution is -2.47. The molecule has 1 N–H and O–H groups in total. The molecular weight excluding hydrogens is 373 g/mol. The lowest BCUT2D eigenvalue weighted by molar-refractivity contribution is -0.141. The molecule has 2 aromatic rings. The van der Waals surface area contributed by atoms with Gasteiger partial charge in [-0.15, -0.1) is 0 Å². The number of carbonyl (C=O) groups is 1. The number of halogens is 3. The molecule has 0 spiro atoms. The molecule has 0 radical (unpaired) electrons. The van der Waals surface area contributed by atoms with Crippen LogP contribution < -0.4 is 10.1 Å². The van der Waals surface area contributed by atoms with Gasteiger partial charge in [0.05, 0.1) is 0 Å². The Hall–Kier alpha value is -2.84. The molecule has 1 aliphatic heterocycles. The summed E-state index contributed by atoms with van der Waals surface area (Å²) in [7, 11) is 0. The van der Waals surface area contributed by atoms with Gasteiger partial charge in [-0.1, -0.05) is 30.3 Å². The number of carbonyl (C=O) groups excluding carboxylic acids is 1. The van der Waals surface area contributed by atoms with Crippen molar-refractivity contribution in [3.63, 3.8) is 0 Å². The van der Waals surface area contributed by atoms with E-state index in [2.05, 4.69) is 15.3 Å². The zero-order valence-corrected chi connectivity index (χ0v) is 15.2. The molecule has 0 aliphatic carbocycles. The summed E-state index contributed by atoms with van der Waals surface area (Å²) in [5.41, 5.74) is 0.115. The minimum atomic E-state index is -4.54. The molecule has 1 aromatic heterocycles. The maximum absolute atomic E-state index is 12.7. The Labute approximate surface area is 160 Å². The second-order valence-corrected chi connectivity index (χ2v) is 6.49. The van der Waals surface area contributed by atoms with Gasteiger partial charge in [0, 0.05) is 38.7 Å². The second-order valence-electron chi connectivity index (χ2n) is 6.49. The van der Waals surface area contributed by atoms with E-state index in [9.17, 15) is 18.0 Å². The van der Waals surface area contributed by atoms with Crippen molar-refractivity contribution in [1.82, 2.24) is 20.2 Å². The molecule has 0 atom stereocenters. The van der Waals surface area contributed by atoms with E-state index in [-0.39, 0.29) is 18.1 Å². The molecule has 0 unspecified atom stereocenters. The van der Waals surface area contributed by atoms with Gasteiger partial charge in [0.15, 0.2) is 5.69 Å². The van der Waals surface area contributed by atoms with Gasteiger partial charge in [-0.25, -0.2) is 9.78 Å². The largest absolute Gasteiger partial charge is 0.460 e. The summed E-state index contributed by atoms with van der Waals surface area (Å²) in [5.74, 6) is 0. The zero-order valence-electron chi connectivity index (χ0n) is 15.2. The van der Waals surface area contributed by atoms with Crippen LogP contribution >= 0.6 is 0 Å². The monoisotopic (exact) mass is 394 g/mol. The minimum Gasteiger partial charge on any atom is -0.460 e. The summed E-state index contributed by atoms with van der Waals surface area (Å²) in [5, 5.41) is 2.89. The molecule has 1 aliphatic rings. The van der Waals surface area contributed by atoms with E-state index in [0.717, 1.165) is 24.2 Å². The third kappa shape index (κ3) is 5.58. The quantitative estimate of drug-likeness (QED) is 0.845. The van der Waals surface area contributed by atoms with Crippen LogP contribution in [0.2, 0.25) is 0 Å². The van der Waals surface area contributed by atoms with Crippen LogP contribution in [0.15, 0.2) is 42.6 Å². The highest BCUT2D eigenvalue weighted by Gasteiger charge is 2.33. The first-order chi connectivity index (χ1) is 13.4. The number of urea groups is 1. The Morgan fingerprint density at radius 1 is 1.18 bits per heavy atom. The van der Waals surface area contributed by atoms with E-state index in [4.69, 9.17) is 4.74 Å². The van der Waals surface area contributed by atoms with E-state index < -0.39 is 11.9 Å². The first-order valence-electron chi connectivity index (χ1n) is 9.05. The number of nitrogens with zero attached hydrogens (tertiary/aromatic N) is 3. The summed E-state index contributed by atoms with van der Waals surface area (Å²) in [6, 6.07) is 10.2. The summed E-state index contributed by atoms with van der Waals surface area (Å²) in [6.07, 6.45) is -2.07. The van der Waals surface area contributed by atoms with Crippen LogP contribution in [0.25, 0.3) is 0 Å². The number of nitrogens with one attached hydrogen (secondary N) is 1. The number of alkyl halides is 3. The molecule has 28 heavy (non-hydrogen) atoms.